The quantitative estimate of drug-likeness (QED) is 0.540. The van der Waals surface area contributed by atoms with E-state index in [1.165, 1.54) is 6.07 Å². The van der Waals surface area contributed by atoms with Gasteiger partial charge in [-0.25, -0.2) is 9.78 Å². The fraction of sp³-hybridized carbons (Fsp3) is 0.235. The molecule has 26 heavy (non-hydrogen) atoms. The van der Waals surface area contributed by atoms with Crippen molar-refractivity contribution in [2.24, 2.45) is 0 Å². The lowest BCUT2D eigenvalue weighted by atomic mass is 10.2. The van der Waals surface area contributed by atoms with Crippen molar-refractivity contribution in [3.63, 3.8) is 0 Å². The van der Waals surface area contributed by atoms with Crippen LogP contribution in [0, 0.1) is 0 Å². The van der Waals surface area contributed by atoms with E-state index >= 15 is 0 Å². The third-order valence-corrected chi connectivity index (χ3v) is 5.24. The van der Waals surface area contributed by atoms with Crippen LogP contribution in [0.25, 0.3) is 0 Å². The van der Waals surface area contributed by atoms with Gasteiger partial charge in [0.15, 0.2) is 5.11 Å². The van der Waals surface area contributed by atoms with Gasteiger partial charge in [0.1, 0.15) is 4.60 Å². The zero-order valence-electron chi connectivity index (χ0n) is 13.7. The molecule has 1 aromatic carbocycles. The molecule has 0 atom stereocenters. The van der Waals surface area contributed by atoms with Gasteiger partial charge in [0, 0.05) is 31.9 Å². The third-order valence-electron chi connectivity index (χ3n) is 4.09. The zero-order chi connectivity index (χ0) is 18.7. The van der Waals surface area contributed by atoms with E-state index in [4.69, 9.17) is 28.9 Å². The van der Waals surface area contributed by atoms with E-state index in [0.29, 0.717) is 10.8 Å². The van der Waals surface area contributed by atoms with Crippen LogP contribution in [0.1, 0.15) is 10.4 Å². The number of aromatic nitrogens is 1. The molecule has 0 amide bonds. The maximum atomic E-state index is 11.0. The minimum Gasteiger partial charge on any atom is -0.478 e. The molecule has 0 spiro atoms. The van der Waals surface area contributed by atoms with Crippen LogP contribution >= 0.6 is 39.7 Å². The first-order chi connectivity index (χ1) is 12.4. The lowest BCUT2D eigenvalue weighted by Gasteiger charge is -2.37. The topological polar surface area (TPSA) is 68.7 Å². The number of carboxylic acid groups (broad SMARTS) is 1. The van der Waals surface area contributed by atoms with E-state index in [1.54, 1.807) is 12.1 Å². The number of carboxylic acids is 1. The van der Waals surface area contributed by atoms with E-state index in [-0.39, 0.29) is 10.6 Å². The second-order valence-corrected chi connectivity index (χ2v) is 7.35. The van der Waals surface area contributed by atoms with Gasteiger partial charge < -0.3 is 20.2 Å². The standard InChI is InChI=1S/C17H16BrClN4O2S/c18-15-4-2-12(10-20-15)22-5-7-23(8-6-22)17(26)21-11-1-3-13(16(24)25)14(19)9-11/h1-4,9-10H,5-8H2,(H,21,26)(H,24,25). The first kappa shape index (κ1) is 18.9. The molecule has 136 valence electrons. The van der Waals surface area contributed by atoms with Crippen LogP contribution in [0.5, 0.6) is 0 Å². The minimum absolute atomic E-state index is 0.0693. The highest BCUT2D eigenvalue weighted by molar-refractivity contribution is 9.10. The number of aromatic carboxylic acids is 1. The normalized spacial score (nSPS) is 14.2. The summed E-state index contributed by atoms with van der Waals surface area (Å²) in [5.74, 6) is -1.05. The Morgan fingerprint density at radius 3 is 2.54 bits per heavy atom. The van der Waals surface area contributed by atoms with Crippen molar-refractivity contribution in [3.05, 3.63) is 51.7 Å². The second-order valence-electron chi connectivity index (χ2n) is 5.74. The van der Waals surface area contributed by atoms with Gasteiger partial charge in [-0.15, -0.1) is 0 Å². The Bertz CT molecular complexity index is 826. The zero-order valence-corrected chi connectivity index (χ0v) is 16.8. The van der Waals surface area contributed by atoms with E-state index in [9.17, 15) is 4.79 Å². The number of piperazine rings is 1. The lowest BCUT2D eigenvalue weighted by Crippen LogP contribution is -2.50. The molecule has 0 radical (unpaired) electrons. The number of benzene rings is 1. The summed E-state index contributed by atoms with van der Waals surface area (Å²) >= 11 is 14.8. The fourth-order valence-corrected chi connectivity index (χ4v) is 3.49. The highest BCUT2D eigenvalue weighted by Gasteiger charge is 2.20. The molecule has 1 saturated heterocycles. The second kappa shape index (κ2) is 8.20. The van der Waals surface area contributed by atoms with Crippen molar-refractivity contribution >= 4 is 62.2 Å². The molecule has 0 bridgehead atoms. The Kier molecular flexibility index (Phi) is 5.95. The van der Waals surface area contributed by atoms with Crippen molar-refractivity contribution in [1.29, 1.82) is 0 Å². The van der Waals surface area contributed by atoms with Gasteiger partial charge >= 0.3 is 5.97 Å². The third kappa shape index (κ3) is 4.44. The predicted molar refractivity (Wildman–Crippen MR) is 110 cm³/mol. The van der Waals surface area contributed by atoms with Crippen LogP contribution in [0.4, 0.5) is 11.4 Å². The molecule has 6 nitrogen and oxygen atoms in total. The molecule has 0 saturated carbocycles. The highest BCUT2D eigenvalue weighted by atomic mass is 79.9. The van der Waals surface area contributed by atoms with Crippen LogP contribution < -0.4 is 10.2 Å². The van der Waals surface area contributed by atoms with Gasteiger partial charge in [-0.1, -0.05) is 11.6 Å². The molecule has 1 aliphatic rings. The average Bonchev–Trinajstić information content (AvgIpc) is 2.62. The van der Waals surface area contributed by atoms with E-state index in [1.807, 2.05) is 18.3 Å². The summed E-state index contributed by atoms with van der Waals surface area (Å²) in [5, 5.41) is 12.9. The summed E-state index contributed by atoms with van der Waals surface area (Å²) in [7, 11) is 0. The maximum absolute atomic E-state index is 11.0. The van der Waals surface area contributed by atoms with Crippen LogP contribution in [0.15, 0.2) is 41.1 Å². The summed E-state index contributed by atoms with van der Waals surface area (Å²) in [5.41, 5.74) is 1.83. The van der Waals surface area contributed by atoms with Gasteiger partial charge in [0.2, 0.25) is 0 Å². The number of halogens is 2. The maximum Gasteiger partial charge on any atom is 0.337 e. The van der Waals surface area contributed by atoms with Crippen LogP contribution in [-0.4, -0.2) is 52.3 Å². The van der Waals surface area contributed by atoms with Crippen molar-refractivity contribution in [3.8, 4) is 0 Å². The number of nitrogens with one attached hydrogen (secondary N) is 1. The number of hydrogen-bond acceptors (Lipinski definition) is 4. The smallest absolute Gasteiger partial charge is 0.337 e. The first-order valence-electron chi connectivity index (χ1n) is 7.89. The lowest BCUT2D eigenvalue weighted by molar-refractivity contribution is 0.0697. The molecule has 1 fully saturated rings. The average molecular weight is 456 g/mol. The number of rotatable bonds is 3. The predicted octanol–water partition coefficient (Wildman–Crippen LogP) is 3.71. The summed E-state index contributed by atoms with van der Waals surface area (Å²) in [6.45, 7) is 3.24. The Balaban J connectivity index is 1.57. The first-order valence-corrected chi connectivity index (χ1v) is 9.47. The molecule has 1 aromatic heterocycles. The van der Waals surface area contributed by atoms with Crippen molar-refractivity contribution < 1.29 is 9.90 Å². The summed E-state index contributed by atoms with van der Waals surface area (Å²) in [6.07, 6.45) is 1.85. The van der Waals surface area contributed by atoms with Crippen LogP contribution in [0.3, 0.4) is 0 Å². The molecule has 9 heteroatoms. The van der Waals surface area contributed by atoms with Gasteiger partial charge in [0.25, 0.3) is 0 Å². The molecule has 3 rings (SSSR count). The molecule has 0 aliphatic carbocycles. The number of hydrogen-bond donors (Lipinski definition) is 2. The SMILES string of the molecule is O=C(O)c1ccc(NC(=S)N2CCN(c3ccc(Br)nc3)CC2)cc1Cl. The van der Waals surface area contributed by atoms with Gasteiger partial charge in [-0.2, -0.15) is 0 Å². The minimum atomic E-state index is -1.05. The van der Waals surface area contributed by atoms with E-state index < -0.39 is 5.97 Å². The number of anilines is 2. The van der Waals surface area contributed by atoms with Crippen LogP contribution in [-0.2, 0) is 0 Å². The Hall–Kier alpha value is -1.90. The fourth-order valence-electron chi connectivity index (χ4n) is 2.69. The molecule has 2 aromatic rings. The summed E-state index contributed by atoms with van der Waals surface area (Å²) in [4.78, 5) is 19.6. The van der Waals surface area contributed by atoms with Gasteiger partial charge in [-0.3, -0.25) is 0 Å². The highest BCUT2D eigenvalue weighted by Crippen LogP contribution is 2.22. The summed E-state index contributed by atoms with van der Waals surface area (Å²) < 4.78 is 0.817. The molecule has 0 unspecified atom stereocenters. The van der Waals surface area contributed by atoms with E-state index in [2.05, 4.69) is 36.0 Å². The number of thiocarbonyl (C=S) groups is 1. The van der Waals surface area contributed by atoms with Crippen molar-refractivity contribution in [2.45, 2.75) is 0 Å². The molecular formula is C17H16BrClN4O2S. The number of carbonyl (C=O) groups is 1. The van der Waals surface area contributed by atoms with Gasteiger partial charge in [-0.05, 0) is 58.5 Å². The molecule has 2 heterocycles. The largest absolute Gasteiger partial charge is 0.478 e. The Labute approximate surface area is 169 Å². The molecular weight excluding hydrogens is 440 g/mol. The van der Waals surface area contributed by atoms with Crippen molar-refractivity contribution in [2.75, 3.05) is 36.4 Å². The molecule has 2 N–H and O–H groups in total. The Morgan fingerprint density at radius 2 is 1.96 bits per heavy atom. The Morgan fingerprint density at radius 1 is 1.23 bits per heavy atom. The van der Waals surface area contributed by atoms with Crippen molar-refractivity contribution in [1.82, 2.24) is 9.88 Å². The van der Waals surface area contributed by atoms with Crippen LogP contribution in [0.2, 0.25) is 5.02 Å². The molecule has 1 aliphatic heterocycles. The monoisotopic (exact) mass is 454 g/mol. The number of nitrogens with zero attached hydrogens (tertiary/aromatic N) is 3. The number of pyridine rings is 1. The van der Waals surface area contributed by atoms with Gasteiger partial charge in [0.05, 0.1) is 22.5 Å². The summed E-state index contributed by atoms with van der Waals surface area (Å²) in [6, 6.07) is 8.66. The van der Waals surface area contributed by atoms with E-state index in [0.717, 1.165) is 36.5 Å².